The third-order valence-electron chi connectivity index (χ3n) is 2.72. The van der Waals surface area contributed by atoms with Crippen molar-refractivity contribution < 1.29 is 9.13 Å². The summed E-state index contributed by atoms with van der Waals surface area (Å²) in [5.74, 6) is -0.0217. The molecule has 2 rings (SSSR count). The van der Waals surface area contributed by atoms with Crippen LogP contribution in [0.25, 0.3) is 0 Å². The van der Waals surface area contributed by atoms with Gasteiger partial charge in [0.15, 0.2) is 11.6 Å². The van der Waals surface area contributed by atoms with E-state index in [0.29, 0.717) is 18.9 Å². The minimum absolute atomic E-state index is 0.312. The SMILES string of the molecule is CCNCc1cccc(F)c1OCc1cccnc1. The first kappa shape index (κ1) is 13.5. The Bertz CT molecular complexity index is 517. The van der Waals surface area contributed by atoms with Crippen LogP contribution in [0, 0.1) is 5.82 Å². The number of aromatic nitrogens is 1. The van der Waals surface area contributed by atoms with Crippen LogP contribution in [-0.2, 0) is 13.2 Å². The highest BCUT2D eigenvalue weighted by Gasteiger charge is 2.09. The van der Waals surface area contributed by atoms with E-state index >= 15 is 0 Å². The summed E-state index contributed by atoms with van der Waals surface area (Å²) < 4.78 is 19.4. The van der Waals surface area contributed by atoms with Gasteiger partial charge in [-0.25, -0.2) is 4.39 Å². The van der Waals surface area contributed by atoms with Crippen LogP contribution in [-0.4, -0.2) is 11.5 Å². The molecule has 3 nitrogen and oxygen atoms in total. The fourth-order valence-electron chi connectivity index (χ4n) is 1.75. The highest BCUT2D eigenvalue weighted by atomic mass is 19.1. The average molecular weight is 260 g/mol. The van der Waals surface area contributed by atoms with Crippen molar-refractivity contribution in [3.63, 3.8) is 0 Å². The first-order valence-electron chi connectivity index (χ1n) is 6.31. The normalized spacial score (nSPS) is 10.4. The van der Waals surface area contributed by atoms with Gasteiger partial charge in [0.1, 0.15) is 6.61 Å². The van der Waals surface area contributed by atoms with Gasteiger partial charge < -0.3 is 10.1 Å². The van der Waals surface area contributed by atoms with Crippen LogP contribution >= 0.6 is 0 Å². The Morgan fingerprint density at radius 2 is 2.16 bits per heavy atom. The van der Waals surface area contributed by atoms with Crippen molar-refractivity contribution in [2.75, 3.05) is 6.54 Å². The molecule has 100 valence electrons. The Labute approximate surface area is 112 Å². The van der Waals surface area contributed by atoms with Crippen molar-refractivity contribution >= 4 is 0 Å². The number of rotatable bonds is 6. The van der Waals surface area contributed by atoms with Gasteiger partial charge in [-0.3, -0.25) is 4.98 Å². The fourth-order valence-corrected chi connectivity index (χ4v) is 1.75. The van der Waals surface area contributed by atoms with Gasteiger partial charge in [0, 0.05) is 30.1 Å². The summed E-state index contributed by atoms with van der Waals surface area (Å²) in [6.45, 7) is 3.75. The molecule has 4 heteroatoms. The van der Waals surface area contributed by atoms with Gasteiger partial charge in [-0.15, -0.1) is 0 Å². The summed E-state index contributed by atoms with van der Waals surface area (Å²) in [6.07, 6.45) is 3.41. The molecule has 0 aliphatic heterocycles. The highest BCUT2D eigenvalue weighted by Crippen LogP contribution is 2.23. The molecule has 1 heterocycles. The fraction of sp³-hybridized carbons (Fsp3) is 0.267. The lowest BCUT2D eigenvalue weighted by molar-refractivity contribution is 0.286. The van der Waals surface area contributed by atoms with Gasteiger partial charge in [-0.05, 0) is 18.7 Å². The maximum atomic E-state index is 13.8. The minimum atomic E-state index is -0.334. The molecule has 0 spiro atoms. The average Bonchev–Trinajstić information content (AvgIpc) is 2.45. The molecule has 0 aliphatic rings. The molecule has 1 aromatic heterocycles. The standard InChI is InChI=1S/C15H17FN2O/c1-2-17-10-13-6-3-7-14(16)15(13)19-11-12-5-4-8-18-9-12/h3-9,17H,2,10-11H2,1H3. The van der Waals surface area contributed by atoms with Crippen LogP contribution < -0.4 is 10.1 Å². The Morgan fingerprint density at radius 1 is 1.26 bits per heavy atom. The van der Waals surface area contributed by atoms with Gasteiger partial charge in [0.2, 0.25) is 0 Å². The van der Waals surface area contributed by atoms with Gasteiger partial charge in [0.25, 0.3) is 0 Å². The molecule has 0 aliphatic carbocycles. The van der Waals surface area contributed by atoms with E-state index in [9.17, 15) is 4.39 Å². The van der Waals surface area contributed by atoms with Crippen LogP contribution in [0.1, 0.15) is 18.1 Å². The molecule has 0 fully saturated rings. The van der Waals surface area contributed by atoms with Crippen molar-refractivity contribution in [2.24, 2.45) is 0 Å². The molecule has 1 aromatic carbocycles. The monoisotopic (exact) mass is 260 g/mol. The van der Waals surface area contributed by atoms with Crippen molar-refractivity contribution in [1.82, 2.24) is 10.3 Å². The molecule has 0 saturated carbocycles. The van der Waals surface area contributed by atoms with Crippen LogP contribution in [0.5, 0.6) is 5.75 Å². The summed E-state index contributed by atoms with van der Waals surface area (Å²) in [4.78, 5) is 4.01. The second kappa shape index (κ2) is 6.85. The first-order valence-corrected chi connectivity index (χ1v) is 6.31. The Kier molecular flexibility index (Phi) is 4.86. The molecule has 0 radical (unpaired) electrons. The number of nitrogens with zero attached hydrogens (tertiary/aromatic N) is 1. The minimum Gasteiger partial charge on any atom is -0.485 e. The molecule has 2 aromatic rings. The summed E-state index contributed by atoms with van der Waals surface area (Å²) in [7, 11) is 0. The summed E-state index contributed by atoms with van der Waals surface area (Å²) >= 11 is 0. The third kappa shape index (κ3) is 3.76. The number of nitrogens with one attached hydrogen (secondary N) is 1. The summed E-state index contributed by atoms with van der Waals surface area (Å²) in [5, 5.41) is 3.17. The largest absolute Gasteiger partial charge is 0.485 e. The summed E-state index contributed by atoms with van der Waals surface area (Å²) in [6, 6.07) is 8.70. The number of hydrogen-bond acceptors (Lipinski definition) is 3. The predicted molar refractivity (Wildman–Crippen MR) is 72.3 cm³/mol. The first-order chi connectivity index (χ1) is 9.31. The van der Waals surface area contributed by atoms with Crippen molar-refractivity contribution in [1.29, 1.82) is 0 Å². The van der Waals surface area contributed by atoms with Gasteiger partial charge in [-0.2, -0.15) is 0 Å². The maximum Gasteiger partial charge on any atom is 0.165 e. The van der Waals surface area contributed by atoms with Crippen LogP contribution in [0.3, 0.4) is 0 Å². The van der Waals surface area contributed by atoms with E-state index < -0.39 is 0 Å². The summed E-state index contributed by atoms with van der Waals surface area (Å²) in [5.41, 5.74) is 1.74. The molecule has 1 N–H and O–H groups in total. The number of hydrogen-bond donors (Lipinski definition) is 1. The Morgan fingerprint density at radius 3 is 2.89 bits per heavy atom. The van der Waals surface area contributed by atoms with E-state index in [0.717, 1.165) is 17.7 Å². The van der Waals surface area contributed by atoms with Crippen molar-refractivity contribution in [2.45, 2.75) is 20.1 Å². The molecule has 0 unspecified atom stereocenters. The van der Waals surface area contributed by atoms with Gasteiger partial charge >= 0.3 is 0 Å². The van der Waals surface area contributed by atoms with Gasteiger partial charge in [0.05, 0.1) is 0 Å². The smallest absolute Gasteiger partial charge is 0.165 e. The highest BCUT2D eigenvalue weighted by molar-refractivity contribution is 5.35. The Hall–Kier alpha value is -1.94. The lowest BCUT2D eigenvalue weighted by atomic mass is 10.2. The molecular formula is C15H17FN2O. The molecule has 0 bridgehead atoms. The zero-order chi connectivity index (χ0) is 13.5. The topological polar surface area (TPSA) is 34.1 Å². The second-order valence-corrected chi connectivity index (χ2v) is 4.16. The van der Waals surface area contributed by atoms with E-state index in [-0.39, 0.29) is 5.82 Å². The molecule has 0 atom stereocenters. The zero-order valence-electron chi connectivity index (χ0n) is 10.9. The lowest BCUT2D eigenvalue weighted by Gasteiger charge is -2.12. The molecule has 0 saturated heterocycles. The number of benzene rings is 1. The van der Waals surface area contributed by atoms with Crippen LogP contribution in [0.2, 0.25) is 0 Å². The molecule has 19 heavy (non-hydrogen) atoms. The maximum absolute atomic E-state index is 13.8. The predicted octanol–water partition coefficient (Wildman–Crippen LogP) is 2.91. The van der Waals surface area contributed by atoms with E-state index in [4.69, 9.17) is 4.74 Å². The third-order valence-corrected chi connectivity index (χ3v) is 2.72. The second-order valence-electron chi connectivity index (χ2n) is 4.16. The lowest BCUT2D eigenvalue weighted by Crippen LogP contribution is -2.13. The number of ether oxygens (including phenoxy) is 1. The Balaban J connectivity index is 2.10. The number of pyridine rings is 1. The number of para-hydroxylation sites is 1. The van der Waals surface area contributed by atoms with E-state index in [2.05, 4.69) is 10.3 Å². The van der Waals surface area contributed by atoms with Gasteiger partial charge in [-0.1, -0.05) is 25.1 Å². The van der Waals surface area contributed by atoms with E-state index in [1.165, 1.54) is 6.07 Å². The van der Waals surface area contributed by atoms with E-state index in [1.807, 2.05) is 25.1 Å². The van der Waals surface area contributed by atoms with Crippen LogP contribution in [0.4, 0.5) is 4.39 Å². The quantitative estimate of drug-likeness (QED) is 0.867. The van der Waals surface area contributed by atoms with E-state index in [1.54, 1.807) is 18.5 Å². The molecule has 0 amide bonds. The number of halogens is 1. The molecular weight excluding hydrogens is 243 g/mol. The van der Waals surface area contributed by atoms with Crippen molar-refractivity contribution in [3.05, 3.63) is 59.7 Å². The zero-order valence-corrected chi connectivity index (χ0v) is 10.9. The van der Waals surface area contributed by atoms with Crippen LogP contribution in [0.15, 0.2) is 42.7 Å². The van der Waals surface area contributed by atoms with Crippen molar-refractivity contribution in [3.8, 4) is 5.75 Å².